The van der Waals surface area contributed by atoms with Crippen LogP contribution < -0.4 is 4.74 Å². The quantitative estimate of drug-likeness (QED) is 0.175. The number of imidazole rings is 1. The Morgan fingerprint density at radius 2 is 1.98 bits per heavy atom. The first-order valence-corrected chi connectivity index (χ1v) is 15.3. The average Bonchev–Trinajstić information content (AvgIpc) is 3.55. The third-order valence-electron chi connectivity index (χ3n) is 8.43. The van der Waals surface area contributed by atoms with E-state index in [1.807, 2.05) is 0 Å². The molecule has 1 N–H and O–H groups in total. The smallest absolute Gasteiger partial charge is 0.335 e. The summed E-state index contributed by atoms with van der Waals surface area (Å²) in [6.45, 7) is 1.43. The number of benzene rings is 2. The van der Waals surface area contributed by atoms with Crippen LogP contribution in [0.4, 0.5) is 4.39 Å². The molecule has 2 atom stereocenters. The van der Waals surface area contributed by atoms with E-state index in [1.165, 1.54) is 6.07 Å². The number of carboxylic acids is 1. The van der Waals surface area contributed by atoms with Gasteiger partial charge in [-0.25, -0.2) is 19.2 Å². The second-order valence-electron chi connectivity index (χ2n) is 11.3. The van der Waals surface area contributed by atoms with Gasteiger partial charge in [0.1, 0.15) is 18.0 Å². The van der Waals surface area contributed by atoms with E-state index in [0.29, 0.717) is 39.7 Å². The second kappa shape index (κ2) is 11.9. The fourth-order valence-electron chi connectivity index (χ4n) is 5.94. The van der Waals surface area contributed by atoms with Crippen LogP contribution in [0.15, 0.2) is 59.0 Å². The molecular weight excluding hydrogens is 608 g/mol. The van der Waals surface area contributed by atoms with Crippen LogP contribution >= 0.6 is 23.2 Å². The Bertz CT molecular complexity index is 1930. The summed E-state index contributed by atoms with van der Waals surface area (Å²) in [6, 6.07) is 13.2. The minimum absolute atomic E-state index is 0.0346. The van der Waals surface area contributed by atoms with Crippen molar-refractivity contribution in [1.82, 2.24) is 14.5 Å². The summed E-state index contributed by atoms with van der Waals surface area (Å²) in [5.41, 5.74) is 4.74. The van der Waals surface area contributed by atoms with Crippen LogP contribution in [-0.4, -0.2) is 38.3 Å². The molecule has 8 nitrogen and oxygen atoms in total. The van der Waals surface area contributed by atoms with E-state index in [2.05, 4.69) is 15.6 Å². The minimum Gasteiger partial charge on any atom is -0.478 e. The van der Waals surface area contributed by atoms with Gasteiger partial charge < -0.3 is 23.6 Å². The fourth-order valence-corrected chi connectivity index (χ4v) is 6.33. The summed E-state index contributed by atoms with van der Waals surface area (Å²) >= 11 is 12.3. The van der Waals surface area contributed by atoms with Crippen molar-refractivity contribution in [2.45, 2.75) is 51.4 Å². The van der Waals surface area contributed by atoms with E-state index in [0.717, 1.165) is 61.1 Å². The van der Waals surface area contributed by atoms with Crippen molar-refractivity contribution in [3.8, 4) is 5.88 Å². The van der Waals surface area contributed by atoms with Gasteiger partial charge in [-0.3, -0.25) is 0 Å². The lowest BCUT2D eigenvalue weighted by Crippen LogP contribution is -2.32. The maximum absolute atomic E-state index is 14.7. The molecule has 11 heteroatoms. The summed E-state index contributed by atoms with van der Waals surface area (Å²) in [6.07, 6.45) is 6.51. The Balaban J connectivity index is 1.07. The fraction of sp³-hybridized carbons (Fsp3) is 0.303. The molecule has 5 aromatic rings. The van der Waals surface area contributed by atoms with Gasteiger partial charge in [0, 0.05) is 30.0 Å². The lowest BCUT2D eigenvalue weighted by molar-refractivity contribution is -0.0590. The maximum Gasteiger partial charge on any atom is 0.335 e. The largest absolute Gasteiger partial charge is 0.478 e. The minimum atomic E-state index is -0.960. The van der Waals surface area contributed by atoms with Crippen molar-refractivity contribution in [2.24, 2.45) is 5.92 Å². The van der Waals surface area contributed by atoms with Crippen LogP contribution in [0.3, 0.4) is 0 Å². The molecule has 44 heavy (non-hydrogen) atoms. The zero-order chi connectivity index (χ0) is 30.4. The standard InChI is InChI=1S/C33H28Cl2FN3O5/c34-24-7-5-21(31-23(24)15-29(35)44-31)17-43-32-25(36)8-10-26(38-32)19-3-1-18(2-4-19)13-30-37-27-9-6-20(33(40)41)14-28(27)39(30)16-22-11-12-42-22/h3,5-10,14-15,18,22H,1-2,4,11-13,16-17H2,(H,40,41)/t18?,22-/m0/s1. The normalized spacial score (nSPS) is 18.4. The predicted molar refractivity (Wildman–Crippen MR) is 165 cm³/mol. The summed E-state index contributed by atoms with van der Waals surface area (Å²) in [4.78, 5) is 21.0. The summed E-state index contributed by atoms with van der Waals surface area (Å²) in [5.74, 6) is -0.312. The van der Waals surface area contributed by atoms with Crippen molar-refractivity contribution in [2.75, 3.05) is 6.61 Å². The number of rotatable bonds is 9. The van der Waals surface area contributed by atoms with Crippen LogP contribution in [0, 0.1) is 11.7 Å². The number of pyridine rings is 1. The van der Waals surface area contributed by atoms with Crippen LogP contribution in [0.5, 0.6) is 5.88 Å². The third kappa shape index (κ3) is 5.67. The Labute approximate surface area is 262 Å². The Hall–Kier alpha value is -3.92. The van der Waals surface area contributed by atoms with Crippen LogP contribution in [-0.2, 0) is 24.3 Å². The molecule has 7 rings (SSSR count). The lowest BCUT2D eigenvalue weighted by Gasteiger charge is -2.28. The average molecular weight is 637 g/mol. The van der Waals surface area contributed by atoms with Gasteiger partial charge in [-0.05, 0) is 85.2 Å². The number of halogens is 3. The van der Waals surface area contributed by atoms with Gasteiger partial charge in [-0.2, -0.15) is 0 Å². The van der Waals surface area contributed by atoms with Gasteiger partial charge in [-0.15, -0.1) is 0 Å². The number of allylic oxidation sites excluding steroid dienone is 2. The molecule has 1 fully saturated rings. The molecule has 226 valence electrons. The topological polar surface area (TPSA) is 99.6 Å². The first kappa shape index (κ1) is 28.8. The van der Waals surface area contributed by atoms with Crippen molar-refractivity contribution in [3.63, 3.8) is 0 Å². The van der Waals surface area contributed by atoms with Crippen LogP contribution in [0.2, 0.25) is 10.2 Å². The maximum atomic E-state index is 14.7. The number of fused-ring (bicyclic) bond motifs is 2. The number of nitrogens with zero attached hydrogens (tertiary/aromatic N) is 3. The zero-order valence-electron chi connectivity index (χ0n) is 23.6. The van der Waals surface area contributed by atoms with Crippen LogP contribution in [0.25, 0.3) is 27.6 Å². The number of carbonyl (C=O) groups is 1. The summed E-state index contributed by atoms with van der Waals surface area (Å²) in [7, 11) is 0. The molecule has 1 aliphatic carbocycles. The first-order chi connectivity index (χ1) is 21.3. The molecule has 1 aliphatic heterocycles. The molecule has 2 aliphatic rings. The van der Waals surface area contributed by atoms with Gasteiger partial charge in [0.2, 0.25) is 0 Å². The molecule has 3 aromatic heterocycles. The number of furan rings is 1. The first-order valence-electron chi connectivity index (χ1n) is 14.5. The van der Waals surface area contributed by atoms with Gasteiger partial charge in [0.05, 0.1) is 40.0 Å². The summed E-state index contributed by atoms with van der Waals surface area (Å²) in [5, 5.41) is 10.9. The second-order valence-corrected chi connectivity index (χ2v) is 12.1. The van der Waals surface area contributed by atoms with E-state index in [9.17, 15) is 14.3 Å². The van der Waals surface area contributed by atoms with E-state index < -0.39 is 11.8 Å². The van der Waals surface area contributed by atoms with E-state index in [4.69, 9.17) is 42.1 Å². The molecular formula is C33H28Cl2FN3O5. The van der Waals surface area contributed by atoms with Crippen molar-refractivity contribution < 1.29 is 28.2 Å². The summed E-state index contributed by atoms with van der Waals surface area (Å²) < 4.78 is 33.9. The van der Waals surface area contributed by atoms with E-state index in [-0.39, 0.29) is 29.4 Å². The van der Waals surface area contributed by atoms with Gasteiger partial charge in [0.25, 0.3) is 5.88 Å². The molecule has 0 saturated carbocycles. The highest BCUT2D eigenvalue weighted by molar-refractivity contribution is 6.36. The number of aromatic carboxylic acids is 1. The highest BCUT2D eigenvalue weighted by Crippen LogP contribution is 2.35. The van der Waals surface area contributed by atoms with Crippen molar-refractivity contribution in [1.29, 1.82) is 0 Å². The molecule has 1 unspecified atom stereocenters. The Morgan fingerprint density at radius 1 is 1.11 bits per heavy atom. The van der Waals surface area contributed by atoms with Crippen molar-refractivity contribution in [3.05, 3.63) is 93.3 Å². The SMILES string of the molecule is O=C(O)c1ccc2nc(CC3CC=C(c4ccc(F)c(OCc5ccc(Cl)c6cc(Cl)oc56)n4)CC3)n(C[C@@H]3CCO3)c2c1. The van der Waals surface area contributed by atoms with E-state index in [1.54, 1.807) is 42.5 Å². The monoisotopic (exact) mass is 635 g/mol. The number of carboxylic acid groups (broad SMARTS) is 1. The lowest BCUT2D eigenvalue weighted by atomic mass is 9.86. The molecule has 0 bridgehead atoms. The third-order valence-corrected chi connectivity index (χ3v) is 8.95. The molecule has 0 spiro atoms. The predicted octanol–water partition coefficient (Wildman–Crippen LogP) is 8.12. The van der Waals surface area contributed by atoms with Gasteiger partial charge >= 0.3 is 5.97 Å². The zero-order valence-corrected chi connectivity index (χ0v) is 25.1. The Kier molecular flexibility index (Phi) is 7.78. The molecule has 0 radical (unpaired) electrons. The number of hydrogen-bond donors (Lipinski definition) is 1. The number of ether oxygens (including phenoxy) is 2. The molecule has 2 aromatic carbocycles. The highest BCUT2D eigenvalue weighted by atomic mass is 35.5. The Morgan fingerprint density at radius 3 is 2.73 bits per heavy atom. The van der Waals surface area contributed by atoms with E-state index >= 15 is 0 Å². The van der Waals surface area contributed by atoms with Crippen LogP contribution in [0.1, 0.15) is 53.1 Å². The van der Waals surface area contributed by atoms with Gasteiger partial charge in [-0.1, -0.05) is 23.7 Å². The van der Waals surface area contributed by atoms with Crippen molar-refractivity contribution >= 4 is 56.7 Å². The molecule has 0 amide bonds. The number of aromatic nitrogens is 3. The number of hydrogen-bond acceptors (Lipinski definition) is 6. The van der Waals surface area contributed by atoms with Gasteiger partial charge in [0.15, 0.2) is 11.0 Å². The highest BCUT2D eigenvalue weighted by Gasteiger charge is 2.25. The molecule has 1 saturated heterocycles. The molecule has 4 heterocycles.